The largest absolute Gasteiger partial charge is 0.383 e. The maximum Gasteiger partial charge on any atom is 0.0948 e. The quantitative estimate of drug-likeness (QED) is 0.735. The summed E-state index contributed by atoms with van der Waals surface area (Å²) in [6.07, 6.45) is 9.51. The first-order valence-corrected chi connectivity index (χ1v) is 6.59. The van der Waals surface area contributed by atoms with E-state index in [9.17, 15) is 0 Å². The number of hydrogen-bond acceptors (Lipinski definition) is 3. The molecule has 1 saturated carbocycles. The summed E-state index contributed by atoms with van der Waals surface area (Å²) in [5.41, 5.74) is 1.29. The van der Waals surface area contributed by atoms with Gasteiger partial charge in [0.25, 0.3) is 0 Å². The van der Waals surface area contributed by atoms with Crippen molar-refractivity contribution < 1.29 is 4.74 Å². The number of aromatic nitrogens is 2. The lowest BCUT2D eigenvalue weighted by Crippen LogP contribution is -2.21. The summed E-state index contributed by atoms with van der Waals surface area (Å²) in [6.45, 7) is 3.68. The molecule has 0 bridgehead atoms. The number of rotatable bonds is 7. The van der Waals surface area contributed by atoms with Crippen molar-refractivity contribution in [1.82, 2.24) is 14.9 Å². The summed E-state index contributed by atoms with van der Waals surface area (Å²) >= 11 is 0. The summed E-state index contributed by atoms with van der Waals surface area (Å²) in [5, 5.41) is 3.37. The molecule has 0 radical (unpaired) electrons. The number of methoxy groups -OCH3 is 1. The van der Waals surface area contributed by atoms with Crippen molar-refractivity contribution in [3.8, 4) is 0 Å². The van der Waals surface area contributed by atoms with Gasteiger partial charge in [-0.05, 0) is 18.8 Å². The van der Waals surface area contributed by atoms with Crippen molar-refractivity contribution in [1.29, 1.82) is 0 Å². The van der Waals surface area contributed by atoms with E-state index in [0.29, 0.717) is 0 Å². The van der Waals surface area contributed by atoms with Crippen LogP contribution in [0.25, 0.3) is 0 Å². The SMILES string of the molecule is COCCNCc1cncn1CC1CCCC1. The van der Waals surface area contributed by atoms with E-state index in [1.807, 2.05) is 12.5 Å². The highest BCUT2D eigenvalue weighted by atomic mass is 16.5. The molecule has 1 aromatic heterocycles. The fourth-order valence-corrected chi connectivity index (χ4v) is 2.52. The fraction of sp³-hybridized carbons (Fsp3) is 0.769. The van der Waals surface area contributed by atoms with Crippen LogP contribution in [0.1, 0.15) is 31.4 Å². The lowest BCUT2D eigenvalue weighted by atomic mass is 10.1. The fourth-order valence-electron chi connectivity index (χ4n) is 2.52. The van der Waals surface area contributed by atoms with Crippen molar-refractivity contribution in [3.63, 3.8) is 0 Å². The average Bonchev–Trinajstić information content (AvgIpc) is 2.97. The number of nitrogens with one attached hydrogen (secondary N) is 1. The van der Waals surface area contributed by atoms with E-state index in [4.69, 9.17) is 4.74 Å². The highest BCUT2D eigenvalue weighted by Gasteiger charge is 2.16. The Labute approximate surface area is 103 Å². The van der Waals surface area contributed by atoms with Crippen molar-refractivity contribution >= 4 is 0 Å². The predicted octanol–water partition coefficient (Wildman–Crippen LogP) is 1.81. The number of nitrogens with zero attached hydrogens (tertiary/aromatic N) is 2. The van der Waals surface area contributed by atoms with Gasteiger partial charge in [0.1, 0.15) is 0 Å². The van der Waals surface area contributed by atoms with Crippen LogP contribution in [0.4, 0.5) is 0 Å². The monoisotopic (exact) mass is 237 g/mol. The Morgan fingerprint density at radius 2 is 2.29 bits per heavy atom. The molecule has 1 aromatic rings. The van der Waals surface area contributed by atoms with Gasteiger partial charge in [0, 0.05) is 32.9 Å². The molecule has 0 aliphatic heterocycles. The number of imidazole rings is 1. The van der Waals surface area contributed by atoms with Gasteiger partial charge in [-0.3, -0.25) is 0 Å². The molecular weight excluding hydrogens is 214 g/mol. The van der Waals surface area contributed by atoms with E-state index in [1.165, 1.54) is 31.4 Å². The Bertz CT molecular complexity index is 318. The summed E-state index contributed by atoms with van der Waals surface area (Å²) in [4.78, 5) is 4.25. The van der Waals surface area contributed by atoms with Gasteiger partial charge < -0.3 is 14.6 Å². The van der Waals surface area contributed by atoms with Gasteiger partial charge >= 0.3 is 0 Å². The maximum atomic E-state index is 5.01. The molecule has 1 heterocycles. The van der Waals surface area contributed by atoms with Crippen molar-refractivity contribution in [2.75, 3.05) is 20.3 Å². The third kappa shape index (κ3) is 3.82. The second-order valence-electron chi connectivity index (χ2n) is 4.86. The highest BCUT2D eigenvalue weighted by Crippen LogP contribution is 2.26. The third-order valence-corrected chi connectivity index (χ3v) is 3.52. The van der Waals surface area contributed by atoms with Gasteiger partial charge in [0.2, 0.25) is 0 Å². The first kappa shape index (κ1) is 12.6. The predicted molar refractivity (Wildman–Crippen MR) is 67.8 cm³/mol. The van der Waals surface area contributed by atoms with Crippen LogP contribution in [0.2, 0.25) is 0 Å². The number of hydrogen-bond donors (Lipinski definition) is 1. The first-order valence-electron chi connectivity index (χ1n) is 6.59. The Hall–Kier alpha value is -0.870. The summed E-state index contributed by atoms with van der Waals surface area (Å²) < 4.78 is 7.32. The molecule has 0 amide bonds. The molecule has 1 fully saturated rings. The molecule has 0 spiro atoms. The van der Waals surface area contributed by atoms with Gasteiger partial charge in [-0.2, -0.15) is 0 Å². The van der Waals surface area contributed by atoms with E-state index in [2.05, 4.69) is 14.9 Å². The molecule has 4 nitrogen and oxygen atoms in total. The molecule has 2 rings (SSSR count). The minimum Gasteiger partial charge on any atom is -0.383 e. The molecule has 1 N–H and O–H groups in total. The van der Waals surface area contributed by atoms with E-state index in [0.717, 1.165) is 32.2 Å². The van der Waals surface area contributed by atoms with Crippen LogP contribution in [0.15, 0.2) is 12.5 Å². The molecule has 0 aromatic carbocycles. The highest BCUT2D eigenvalue weighted by molar-refractivity contribution is 4.98. The zero-order valence-electron chi connectivity index (χ0n) is 10.7. The van der Waals surface area contributed by atoms with Crippen LogP contribution >= 0.6 is 0 Å². The van der Waals surface area contributed by atoms with E-state index < -0.39 is 0 Å². The molecule has 0 saturated heterocycles. The Kier molecular flexibility index (Phi) is 5.01. The Morgan fingerprint density at radius 1 is 1.47 bits per heavy atom. The van der Waals surface area contributed by atoms with E-state index in [1.54, 1.807) is 7.11 Å². The average molecular weight is 237 g/mol. The second kappa shape index (κ2) is 6.77. The lowest BCUT2D eigenvalue weighted by molar-refractivity contribution is 0.199. The summed E-state index contributed by atoms with van der Waals surface area (Å²) in [6, 6.07) is 0. The van der Waals surface area contributed by atoms with Gasteiger partial charge in [-0.15, -0.1) is 0 Å². The molecule has 4 heteroatoms. The van der Waals surface area contributed by atoms with Crippen molar-refractivity contribution in [2.45, 2.75) is 38.8 Å². The lowest BCUT2D eigenvalue weighted by Gasteiger charge is -2.13. The zero-order valence-corrected chi connectivity index (χ0v) is 10.7. The molecule has 1 aliphatic carbocycles. The van der Waals surface area contributed by atoms with Crippen LogP contribution < -0.4 is 5.32 Å². The second-order valence-corrected chi connectivity index (χ2v) is 4.86. The van der Waals surface area contributed by atoms with E-state index in [-0.39, 0.29) is 0 Å². The molecule has 17 heavy (non-hydrogen) atoms. The molecule has 1 aliphatic rings. The minimum absolute atomic E-state index is 0.761. The topological polar surface area (TPSA) is 39.1 Å². The third-order valence-electron chi connectivity index (χ3n) is 3.52. The minimum atomic E-state index is 0.761. The summed E-state index contributed by atoms with van der Waals surface area (Å²) in [5.74, 6) is 0.863. The van der Waals surface area contributed by atoms with Crippen LogP contribution in [0.5, 0.6) is 0 Å². The smallest absolute Gasteiger partial charge is 0.0948 e. The summed E-state index contributed by atoms with van der Waals surface area (Å²) in [7, 11) is 1.73. The van der Waals surface area contributed by atoms with Gasteiger partial charge in [-0.25, -0.2) is 4.98 Å². The van der Waals surface area contributed by atoms with Crippen molar-refractivity contribution in [3.05, 3.63) is 18.2 Å². The van der Waals surface area contributed by atoms with Crippen LogP contribution in [-0.4, -0.2) is 29.8 Å². The van der Waals surface area contributed by atoms with Crippen LogP contribution in [-0.2, 0) is 17.8 Å². The Balaban J connectivity index is 1.79. The number of ether oxygens (including phenoxy) is 1. The molecule has 0 atom stereocenters. The Morgan fingerprint density at radius 3 is 3.06 bits per heavy atom. The van der Waals surface area contributed by atoms with Gasteiger partial charge in [0.05, 0.1) is 18.6 Å². The molecular formula is C13H23N3O. The van der Waals surface area contributed by atoms with Crippen LogP contribution in [0, 0.1) is 5.92 Å². The first-order chi connectivity index (χ1) is 8.40. The van der Waals surface area contributed by atoms with Crippen LogP contribution in [0.3, 0.4) is 0 Å². The molecule has 0 unspecified atom stereocenters. The molecule has 96 valence electrons. The standard InChI is InChI=1S/C13H23N3O/c1-17-7-6-14-8-13-9-15-11-16(13)10-12-4-2-3-5-12/h9,11-12,14H,2-8,10H2,1H3. The van der Waals surface area contributed by atoms with Gasteiger partial charge in [-0.1, -0.05) is 12.8 Å². The van der Waals surface area contributed by atoms with E-state index >= 15 is 0 Å². The zero-order chi connectivity index (χ0) is 11.9. The normalized spacial score (nSPS) is 16.8. The van der Waals surface area contributed by atoms with Gasteiger partial charge in [0.15, 0.2) is 0 Å². The maximum absolute atomic E-state index is 5.01. The van der Waals surface area contributed by atoms with Crippen molar-refractivity contribution in [2.24, 2.45) is 5.92 Å².